The Morgan fingerprint density at radius 2 is 1.48 bits per heavy atom. The highest BCUT2D eigenvalue weighted by Crippen LogP contribution is 2.12. The van der Waals surface area contributed by atoms with Crippen molar-refractivity contribution in [1.29, 1.82) is 0 Å². The summed E-state index contributed by atoms with van der Waals surface area (Å²) in [5.41, 5.74) is 6.17. The fraction of sp³-hybridized carbons (Fsp3) is 0.474. The van der Waals surface area contributed by atoms with Crippen LogP contribution in [0.25, 0.3) is 0 Å². The van der Waals surface area contributed by atoms with Crippen LogP contribution >= 0.6 is 12.6 Å². The van der Waals surface area contributed by atoms with Gasteiger partial charge < -0.3 is 37.0 Å². The molecule has 3 amide bonds. The summed E-state index contributed by atoms with van der Waals surface area (Å²) in [6.45, 7) is 2.64. The smallest absolute Gasteiger partial charge is 0.328 e. The molecule has 0 aliphatic carbocycles. The van der Waals surface area contributed by atoms with Gasteiger partial charge in [-0.3, -0.25) is 14.4 Å². The normalized spacial score (nSPS) is 15.6. The molecule has 31 heavy (non-hydrogen) atoms. The van der Waals surface area contributed by atoms with Crippen molar-refractivity contribution in [2.24, 2.45) is 5.73 Å². The summed E-state index contributed by atoms with van der Waals surface area (Å²) >= 11 is 4.02. The van der Waals surface area contributed by atoms with E-state index in [1.54, 1.807) is 12.1 Å². The van der Waals surface area contributed by atoms with E-state index in [1.165, 1.54) is 26.0 Å². The molecule has 1 aromatic rings. The second-order valence-corrected chi connectivity index (χ2v) is 7.39. The van der Waals surface area contributed by atoms with Crippen molar-refractivity contribution in [3.8, 4) is 5.75 Å². The van der Waals surface area contributed by atoms with Crippen LogP contribution in [-0.2, 0) is 25.6 Å². The maximum Gasteiger partial charge on any atom is 0.328 e. The molecule has 0 aliphatic rings. The number of nitrogens with two attached hydrogens (primary N) is 1. The van der Waals surface area contributed by atoms with Gasteiger partial charge in [-0.15, -0.1) is 0 Å². The van der Waals surface area contributed by atoms with E-state index in [1.807, 2.05) is 0 Å². The molecule has 172 valence electrons. The standard InChI is InChI=1S/C19H28N4O7S/c1-9(20)16(26)21-13(7-11-3-5-12(25)6-4-11)17(27)22-14(8-31)18(28)23-15(10(2)24)19(29)30/h3-6,9-10,13-15,24-25,31H,7-8,20H2,1-2H3,(H,21,26)(H,22,27)(H,23,28)(H,29,30). The molecule has 0 bridgehead atoms. The number of thiol groups is 1. The highest BCUT2D eigenvalue weighted by atomic mass is 32.1. The molecule has 12 heteroatoms. The van der Waals surface area contributed by atoms with Gasteiger partial charge in [-0.25, -0.2) is 4.79 Å². The van der Waals surface area contributed by atoms with Crippen molar-refractivity contribution in [2.75, 3.05) is 5.75 Å². The molecule has 11 nitrogen and oxygen atoms in total. The van der Waals surface area contributed by atoms with Crippen molar-refractivity contribution >= 4 is 36.3 Å². The van der Waals surface area contributed by atoms with Gasteiger partial charge in [0.15, 0.2) is 6.04 Å². The number of amides is 3. The summed E-state index contributed by atoms with van der Waals surface area (Å²) in [5.74, 6) is -3.76. The minimum atomic E-state index is -1.57. The van der Waals surface area contributed by atoms with Crippen LogP contribution in [0.5, 0.6) is 5.75 Å². The first kappa shape index (κ1) is 26.2. The molecule has 0 saturated heterocycles. The average Bonchev–Trinajstić information content (AvgIpc) is 2.70. The second-order valence-electron chi connectivity index (χ2n) is 7.03. The number of carboxylic acid groups (broad SMARTS) is 1. The number of aliphatic hydroxyl groups excluding tert-OH is 1. The second kappa shape index (κ2) is 12.1. The van der Waals surface area contributed by atoms with Gasteiger partial charge in [0.25, 0.3) is 0 Å². The largest absolute Gasteiger partial charge is 0.508 e. The first-order chi connectivity index (χ1) is 14.5. The summed E-state index contributed by atoms with van der Waals surface area (Å²) < 4.78 is 0. The third-order valence-electron chi connectivity index (χ3n) is 4.28. The van der Waals surface area contributed by atoms with Crippen LogP contribution in [0.2, 0.25) is 0 Å². The Kier molecular flexibility index (Phi) is 10.3. The van der Waals surface area contributed by atoms with Gasteiger partial charge in [-0.2, -0.15) is 12.6 Å². The number of rotatable bonds is 11. The third kappa shape index (κ3) is 8.44. The topological polar surface area (TPSA) is 191 Å². The zero-order valence-electron chi connectivity index (χ0n) is 17.1. The molecule has 0 fully saturated rings. The van der Waals surface area contributed by atoms with Gasteiger partial charge in [0.2, 0.25) is 17.7 Å². The molecule has 1 aromatic carbocycles. The van der Waals surface area contributed by atoms with Crippen LogP contribution in [0.1, 0.15) is 19.4 Å². The predicted octanol–water partition coefficient (Wildman–Crippen LogP) is -1.87. The number of nitrogens with one attached hydrogen (secondary N) is 3. The zero-order chi connectivity index (χ0) is 23.7. The minimum Gasteiger partial charge on any atom is -0.508 e. The number of carbonyl (C=O) groups is 4. The maximum absolute atomic E-state index is 12.8. The molecule has 0 aliphatic heterocycles. The van der Waals surface area contributed by atoms with Gasteiger partial charge >= 0.3 is 5.97 Å². The summed E-state index contributed by atoms with van der Waals surface area (Å²) in [7, 11) is 0. The third-order valence-corrected chi connectivity index (χ3v) is 4.65. The lowest BCUT2D eigenvalue weighted by atomic mass is 10.0. The number of hydrogen-bond acceptors (Lipinski definition) is 8. The van der Waals surface area contributed by atoms with E-state index in [4.69, 9.17) is 10.8 Å². The van der Waals surface area contributed by atoms with Crippen molar-refractivity contribution in [2.45, 2.75) is 50.5 Å². The van der Waals surface area contributed by atoms with Crippen molar-refractivity contribution in [3.05, 3.63) is 29.8 Å². The van der Waals surface area contributed by atoms with Gasteiger partial charge in [0.1, 0.15) is 17.8 Å². The number of aliphatic carboxylic acids is 1. The molecule has 8 N–H and O–H groups in total. The number of benzene rings is 1. The molecule has 1 rings (SSSR count). The Balaban J connectivity index is 2.97. The molecule has 5 atom stereocenters. The Labute approximate surface area is 184 Å². The predicted molar refractivity (Wildman–Crippen MR) is 114 cm³/mol. The molecule has 0 aromatic heterocycles. The number of hydrogen-bond donors (Lipinski definition) is 8. The SMILES string of the molecule is CC(N)C(=O)NC(Cc1ccc(O)cc1)C(=O)NC(CS)C(=O)NC(C(=O)O)C(C)O. The Hall–Kier alpha value is -2.83. The van der Waals surface area contributed by atoms with Crippen LogP contribution < -0.4 is 21.7 Å². The quantitative estimate of drug-likeness (QED) is 0.178. The maximum atomic E-state index is 12.8. The lowest BCUT2D eigenvalue weighted by molar-refractivity contribution is -0.145. The van der Waals surface area contributed by atoms with Gasteiger partial charge in [0, 0.05) is 12.2 Å². The average molecular weight is 457 g/mol. The molecule has 0 heterocycles. The number of aliphatic hydroxyl groups is 1. The Morgan fingerprint density at radius 3 is 1.94 bits per heavy atom. The first-order valence-electron chi connectivity index (χ1n) is 9.42. The summed E-state index contributed by atoms with van der Waals surface area (Å²) in [6.07, 6.45) is -1.33. The van der Waals surface area contributed by atoms with Gasteiger partial charge in [0.05, 0.1) is 12.1 Å². The summed E-state index contributed by atoms with van der Waals surface area (Å²) in [4.78, 5) is 48.4. The van der Waals surface area contributed by atoms with Crippen LogP contribution in [0.3, 0.4) is 0 Å². The van der Waals surface area contributed by atoms with E-state index >= 15 is 0 Å². The molecular weight excluding hydrogens is 428 g/mol. The molecule has 0 radical (unpaired) electrons. The van der Waals surface area contributed by atoms with Gasteiger partial charge in [-0.1, -0.05) is 12.1 Å². The minimum absolute atomic E-state index is 0.0299. The van der Waals surface area contributed by atoms with E-state index in [-0.39, 0.29) is 17.9 Å². The van der Waals surface area contributed by atoms with E-state index in [2.05, 4.69) is 28.6 Å². The van der Waals surface area contributed by atoms with Crippen molar-refractivity contribution < 1.29 is 34.5 Å². The van der Waals surface area contributed by atoms with E-state index in [0.29, 0.717) is 5.56 Å². The molecule has 0 saturated carbocycles. The molecule has 0 spiro atoms. The fourth-order valence-electron chi connectivity index (χ4n) is 2.49. The number of carboxylic acids is 1. The summed E-state index contributed by atoms with van der Waals surface area (Å²) in [5, 5.41) is 35.1. The van der Waals surface area contributed by atoms with Crippen molar-refractivity contribution in [3.63, 3.8) is 0 Å². The number of phenols is 1. The lowest BCUT2D eigenvalue weighted by Gasteiger charge is -2.25. The van der Waals surface area contributed by atoms with Crippen LogP contribution in [0.15, 0.2) is 24.3 Å². The Morgan fingerprint density at radius 1 is 0.968 bits per heavy atom. The van der Waals surface area contributed by atoms with Gasteiger partial charge in [-0.05, 0) is 31.5 Å². The van der Waals surface area contributed by atoms with E-state index in [9.17, 15) is 29.4 Å². The van der Waals surface area contributed by atoms with Crippen LogP contribution in [-0.4, -0.2) is 75.0 Å². The van der Waals surface area contributed by atoms with Crippen LogP contribution in [0.4, 0.5) is 0 Å². The van der Waals surface area contributed by atoms with Crippen molar-refractivity contribution in [1.82, 2.24) is 16.0 Å². The number of carbonyl (C=O) groups excluding carboxylic acids is 3. The lowest BCUT2D eigenvalue weighted by Crippen LogP contribution is -2.59. The highest BCUT2D eigenvalue weighted by molar-refractivity contribution is 7.80. The number of phenolic OH excluding ortho intramolecular Hbond substituents is 1. The first-order valence-corrected chi connectivity index (χ1v) is 10.1. The number of aromatic hydroxyl groups is 1. The summed E-state index contributed by atoms with van der Waals surface area (Å²) in [6, 6.07) is 1.18. The Bertz CT molecular complexity index is 786. The van der Waals surface area contributed by atoms with E-state index < -0.39 is 54.0 Å². The van der Waals surface area contributed by atoms with E-state index in [0.717, 1.165) is 0 Å². The zero-order valence-corrected chi connectivity index (χ0v) is 18.0. The monoisotopic (exact) mass is 456 g/mol. The molecule has 5 unspecified atom stereocenters. The van der Waals surface area contributed by atoms with Crippen LogP contribution in [0, 0.1) is 0 Å². The fourth-order valence-corrected chi connectivity index (χ4v) is 2.75. The molecular formula is C19H28N4O7S. The highest BCUT2D eigenvalue weighted by Gasteiger charge is 2.31.